The standard InChI is InChI=1S/C33H37N3O4/c1-22-15-29(37-2)31(40-21-24-11-13-36-33(34)16-24)17-25(22)9-10-28-27-19-30(38-3)32(18-26(27)12-14-35-28)39-20-23-7-5-4-6-8-23/h4-8,11,13,15-19,28,35H,9-10,12,14,20-21H2,1-3H3,(H2,34,36). The number of benzene rings is 3. The van der Waals surface area contributed by atoms with Gasteiger partial charge in [0.2, 0.25) is 0 Å². The molecular weight excluding hydrogens is 502 g/mol. The highest BCUT2D eigenvalue weighted by atomic mass is 16.5. The summed E-state index contributed by atoms with van der Waals surface area (Å²) in [4.78, 5) is 4.05. The third kappa shape index (κ3) is 6.49. The maximum Gasteiger partial charge on any atom is 0.161 e. The fraction of sp³-hybridized carbons (Fsp3) is 0.303. The highest BCUT2D eigenvalue weighted by Crippen LogP contribution is 2.38. The largest absolute Gasteiger partial charge is 0.493 e. The second-order valence-electron chi connectivity index (χ2n) is 10.1. The van der Waals surface area contributed by atoms with Crippen molar-refractivity contribution in [3.63, 3.8) is 0 Å². The van der Waals surface area contributed by atoms with Crippen molar-refractivity contribution in [2.75, 3.05) is 26.5 Å². The number of ether oxygens (including phenoxy) is 4. The summed E-state index contributed by atoms with van der Waals surface area (Å²) in [7, 11) is 3.37. The summed E-state index contributed by atoms with van der Waals surface area (Å²) in [6.07, 6.45) is 4.47. The summed E-state index contributed by atoms with van der Waals surface area (Å²) in [5.74, 6) is 3.46. The van der Waals surface area contributed by atoms with E-state index < -0.39 is 0 Å². The van der Waals surface area contributed by atoms with Gasteiger partial charge in [0.05, 0.1) is 14.2 Å². The number of rotatable bonds is 11. The molecular formula is C33H37N3O4. The molecule has 208 valence electrons. The van der Waals surface area contributed by atoms with Gasteiger partial charge < -0.3 is 30.0 Å². The first kappa shape index (κ1) is 27.3. The third-order valence-electron chi connectivity index (χ3n) is 7.39. The number of nitrogen functional groups attached to an aromatic ring is 1. The van der Waals surface area contributed by atoms with Crippen LogP contribution < -0.4 is 30.0 Å². The van der Waals surface area contributed by atoms with Crippen molar-refractivity contribution < 1.29 is 18.9 Å². The molecule has 0 saturated heterocycles. The molecule has 1 aliphatic rings. The first-order valence-corrected chi connectivity index (χ1v) is 13.7. The molecule has 2 heterocycles. The lowest BCUT2D eigenvalue weighted by molar-refractivity contribution is 0.283. The normalized spacial score (nSPS) is 14.3. The van der Waals surface area contributed by atoms with E-state index in [1.807, 2.05) is 36.4 Å². The van der Waals surface area contributed by atoms with Crippen LogP contribution in [0.5, 0.6) is 23.0 Å². The molecule has 3 aromatic carbocycles. The Balaban J connectivity index is 1.30. The molecule has 7 nitrogen and oxygen atoms in total. The minimum absolute atomic E-state index is 0.214. The van der Waals surface area contributed by atoms with Gasteiger partial charge in [-0.15, -0.1) is 0 Å². The van der Waals surface area contributed by atoms with E-state index in [0.717, 1.165) is 59.9 Å². The molecule has 1 atom stereocenters. The lowest BCUT2D eigenvalue weighted by Crippen LogP contribution is -2.30. The van der Waals surface area contributed by atoms with Gasteiger partial charge in [-0.05, 0) is 103 Å². The molecule has 1 aromatic heterocycles. The maximum absolute atomic E-state index is 6.18. The third-order valence-corrected chi connectivity index (χ3v) is 7.39. The summed E-state index contributed by atoms with van der Waals surface area (Å²) in [5.41, 5.74) is 12.9. The number of nitrogens with one attached hydrogen (secondary N) is 1. The van der Waals surface area contributed by atoms with E-state index in [-0.39, 0.29) is 6.04 Å². The van der Waals surface area contributed by atoms with Crippen molar-refractivity contribution in [1.29, 1.82) is 0 Å². The maximum atomic E-state index is 6.18. The molecule has 3 N–H and O–H groups in total. The summed E-state index contributed by atoms with van der Waals surface area (Å²) in [6, 6.07) is 22.6. The molecule has 1 unspecified atom stereocenters. The Morgan fingerprint density at radius 3 is 2.33 bits per heavy atom. The second kappa shape index (κ2) is 12.7. The van der Waals surface area contributed by atoms with Crippen molar-refractivity contribution >= 4 is 5.82 Å². The summed E-state index contributed by atoms with van der Waals surface area (Å²) in [6.45, 7) is 3.94. The van der Waals surface area contributed by atoms with E-state index in [2.05, 4.69) is 47.6 Å². The van der Waals surface area contributed by atoms with Crippen molar-refractivity contribution in [3.8, 4) is 23.0 Å². The molecule has 1 aliphatic heterocycles. The number of nitrogens with two attached hydrogens (primary N) is 1. The molecule has 7 heteroatoms. The number of anilines is 1. The van der Waals surface area contributed by atoms with Gasteiger partial charge >= 0.3 is 0 Å². The van der Waals surface area contributed by atoms with Crippen LogP contribution in [0.1, 0.15) is 45.8 Å². The lowest BCUT2D eigenvalue weighted by atomic mass is 9.89. The van der Waals surface area contributed by atoms with Crippen LogP contribution in [0, 0.1) is 6.92 Å². The Labute approximate surface area is 236 Å². The number of nitrogens with zero attached hydrogens (tertiary/aromatic N) is 1. The van der Waals surface area contributed by atoms with Gasteiger partial charge in [-0.1, -0.05) is 30.3 Å². The van der Waals surface area contributed by atoms with E-state index in [1.165, 1.54) is 22.3 Å². The monoisotopic (exact) mass is 539 g/mol. The average Bonchev–Trinajstić information content (AvgIpc) is 2.98. The number of methoxy groups -OCH3 is 2. The quantitative estimate of drug-likeness (QED) is 0.243. The fourth-order valence-corrected chi connectivity index (χ4v) is 5.21. The highest BCUT2D eigenvalue weighted by molar-refractivity contribution is 5.50. The first-order valence-electron chi connectivity index (χ1n) is 13.7. The fourth-order valence-electron chi connectivity index (χ4n) is 5.21. The predicted molar refractivity (Wildman–Crippen MR) is 157 cm³/mol. The van der Waals surface area contributed by atoms with Crippen LogP contribution in [0.4, 0.5) is 5.82 Å². The first-order chi connectivity index (χ1) is 19.5. The molecule has 0 bridgehead atoms. The molecule has 5 rings (SSSR count). The van der Waals surface area contributed by atoms with Gasteiger partial charge in [0, 0.05) is 12.2 Å². The topological polar surface area (TPSA) is 87.9 Å². The van der Waals surface area contributed by atoms with Crippen molar-refractivity contribution in [2.24, 2.45) is 0 Å². The Morgan fingerprint density at radius 1 is 0.850 bits per heavy atom. The van der Waals surface area contributed by atoms with E-state index in [4.69, 9.17) is 24.7 Å². The van der Waals surface area contributed by atoms with Crippen LogP contribution in [-0.4, -0.2) is 25.7 Å². The van der Waals surface area contributed by atoms with Crippen LogP contribution in [0.2, 0.25) is 0 Å². The molecule has 40 heavy (non-hydrogen) atoms. The average molecular weight is 540 g/mol. The van der Waals surface area contributed by atoms with E-state index >= 15 is 0 Å². The number of fused-ring (bicyclic) bond motifs is 1. The lowest BCUT2D eigenvalue weighted by Gasteiger charge is -2.28. The minimum atomic E-state index is 0.214. The van der Waals surface area contributed by atoms with E-state index in [9.17, 15) is 0 Å². The highest BCUT2D eigenvalue weighted by Gasteiger charge is 2.23. The molecule has 0 saturated carbocycles. The van der Waals surface area contributed by atoms with Gasteiger partial charge in [0.15, 0.2) is 23.0 Å². The summed E-state index contributed by atoms with van der Waals surface area (Å²) >= 11 is 0. The molecule has 0 spiro atoms. The molecule has 0 amide bonds. The van der Waals surface area contributed by atoms with Gasteiger partial charge in [-0.3, -0.25) is 0 Å². The number of aryl methyl sites for hydroxylation is 2. The minimum Gasteiger partial charge on any atom is -0.493 e. The SMILES string of the molecule is COc1cc(C)c(CCC2NCCc3cc(OCc4ccccc4)c(OC)cc32)cc1OCc1ccnc(N)c1. The van der Waals surface area contributed by atoms with E-state index in [1.54, 1.807) is 20.4 Å². The Kier molecular flexibility index (Phi) is 8.71. The molecule has 0 aliphatic carbocycles. The van der Waals surface area contributed by atoms with Crippen LogP contribution in [0.3, 0.4) is 0 Å². The molecule has 0 fully saturated rings. The summed E-state index contributed by atoms with van der Waals surface area (Å²) < 4.78 is 23.7. The van der Waals surface area contributed by atoms with Gasteiger partial charge in [0.25, 0.3) is 0 Å². The smallest absolute Gasteiger partial charge is 0.161 e. The second-order valence-corrected chi connectivity index (χ2v) is 10.1. The van der Waals surface area contributed by atoms with Gasteiger partial charge in [-0.25, -0.2) is 4.98 Å². The van der Waals surface area contributed by atoms with Crippen LogP contribution >= 0.6 is 0 Å². The Morgan fingerprint density at radius 2 is 1.57 bits per heavy atom. The van der Waals surface area contributed by atoms with E-state index in [0.29, 0.717) is 19.0 Å². The van der Waals surface area contributed by atoms with Crippen molar-refractivity contribution in [2.45, 2.75) is 45.4 Å². The predicted octanol–water partition coefficient (Wildman–Crippen LogP) is 5.97. The van der Waals surface area contributed by atoms with Crippen LogP contribution in [0.15, 0.2) is 72.9 Å². The Bertz CT molecular complexity index is 1440. The number of hydrogen-bond donors (Lipinski definition) is 2. The zero-order valence-corrected chi connectivity index (χ0v) is 23.4. The van der Waals surface area contributed by atoms with Gasteiger partial charge in [-0.2, -0.15) is 0 Å². The van der Waals surface area contributed by atoms with Crippen molar-refractivity contribution in [1.82, 2.24) is 10.3 Å². The van der Waals surface area contributed by atoms with Crippen LogP contribution in [0.25, 0.3) is 0 Å². The molecule has 4 aromatic rings. The number of hydrogen-bond acceptors (Lipinski definition) is 7. The van der Waals surface area contributed by atoms with Crippen LogP contribution in [-0.2, 0) is 26.1 Å². The number of aromatic nitrogens is 1. The Hall–Kier alpha value is -4.23. The summed E-state index contributed by atoms with van der Waals surface area (Å²) in [5, 5.41) is 3.71. The number of pyridine rings is 1. The zero-order chi connectivity index (χ0) is 27.9. The zero-order valence-electron chi connectivity index (χ0n) is 23.4. The molecule has 0 radical (unpaired) electrons. The van der Waals surface area contributed by atoms with Gasteiger partial charge in [0.1, 0.15) is 19.0 Å². The van der Waals surface area contributed by atoms with Crippen molar-refractivity contribution in [3.05, 3.63) is 106 Å².